The minimum Gasteiger partial charge on any atom is -0.469 e. The topological polar surface area (TPSA) is 42.2 Å². The monoisotopic (exact) mass is 321 g/mol. The maximum Gasteiger partial charge on any atom is 0.259 e. The lowest BCUT2D eigenvalue weighted by Crippen LogP contribution is -2.14. The predicted octanol–water partition coefficient (Wildman–Crippen LogP) is 4.55. The highest BCUT2D eigenvalue weighted by Crippen LogP contribution is 2.29. The van der Waals surface area contributed by atoms with Crippen LogP contribution in [-0.4, -0.2) is 5.91 Å². The van der Waals surface area contributed by atoms with Crippen molar-refractivity contribution in [1.82, 2.24) is 0 Å². The second-order valence-electron chi connectivity index (χ2n) is 4.27. The van der Waals surface area contributed by atoms with Crippen LogP contribution < -0.4 is 5.32 Å². The van der Waals surface area contributed by atoms with Crippen LogP contribution >= 0.6 is 15.9 Å². The van der Waals surface area contributed by atoms with E-state index in [-0.39, 0.29) is 10.7 Å². The molecule has 0 aliphatic heterocycles. The molecule has 3 nitrogen and oxygen atoms in total. The molecule has 1 aromatic heterocycles. The van der Waals surface area contributed by atoms with Crippen LogP contribution in [0.3, 0.4) is 0 Å². The highest BCUT2D eigenvalue weighted by Gasteiger charge is 2.15. The third kappa shape index (κ3) is 3.07. The molecule has 1 atom stereocenters. The van der Waals surface area contributed by atoms with Gasteiger partial charge in [-0.05, 0) is 24.6 Å². The summed E-state index contributed by atoms with van der Waals surface area (Å²) < 4.78 is 5.28. The molecule has 0 fully saturated rings. The summed E-state index contributed by atoms with van der Waals surface area (Å²) in [7, 11) is 0. The summed E-state index contributed by atoms with van der Waals surface area (Å²) in [5.74, 6) is 0.577. The van der Waals surface area contributed by atoms with E-state index in [1.807, 2.05) is 38.1 Å². The molecule has 100 valence electrons. The SMILES string of the molecule is CCc1occc1C(=O)Nc1ccccc1C(C)Br. The Balaban J connectivity index is 2.24. The Morgan fingerprint density at radius 3 is 2.79 bits per heavy atom. The number of carbonyl (C=O) groups is 1. The summed E-state index contributed by atoms with van der Waals surface area (Å²) in [6.07, 6.45) is 2.25. The van der Waals surface area contributed by atoms with Gasteiger partial charge in [0.05, 0.1) is 11.8 Å². The molecule has 0 spiro atoms. The van der Waals surface area contributed by atoms with Gasteiger partial charge in [0.25, 0.3) is 5.91 Å². The number of hydrogen-bond donors (Lipinski definition) is 1. The Kier molecular flexibility index (Phi) is 4.43. The summed E-state index contributed by atoms with van der Waals surface area (Å²) in [5.41, 5.74) is 2.47. The number of furan rings is 1. The molecule has 4 heteroatoms. The fourth-order valence-electron chi connectivity index (χ4n) is 1.96. The Labute approximate surface area is 121 Å². The van der Waals surface area contributed by atoms with Crippen molar-refractivity contribution >= 4 is 27.5 Å². The van der Waals surface area contributed by atoms with Gasteiger partial charge in [0.15, 0.2) is 0 Å². The molecule has 0 bridgehead atoms. The lowest BCUT2D eigenvalue weighted by Gasteiger charge is -2.12. The summed E-state index contributed by atoms with van der Waals surface area (Å²) in [6.45, 7) is 3.99. The van der Waals surface area contributed by atoms with Gasteiger partial charge in [-0.2, -0.15) is 0 Å². The summed E-state index contributed by atoms with van der Waals surface area (Å²) in [5, 5.41) is 2.94. The first-order chi connectivity index (χ1) is 9.13. The van der Waals surface area contributed by atoms with E-state index in [2.05, 4.69) is 21.2 Å². The first kappa shape index (κ1) is 13.9. The fraction of sp³-hybridized carbons (Fsp3) is 0.267. The highest BCUT2D eigenvalue weighted by molar-refractivity contribution is 9.09. The minimum atomic E-state index is -0.133. The van der Waals surface area contributed by atoms with E-state index in [1.54, 1.807) is 12.3 Å². The second kappa shape index (κ2) is 6.06. The molecular formula is C15H16BrNO2. The summed E-state index contributed by atoms with van der Waals surface area (Å²) in [4.78, 5) is 12.4. The molecule has 0 radical (unpaired) electrons. The molecule has 2 aromatic rings. The van der Waals surface area contributed by atoms with Crippen LogP contribution in [0.15, 0.2) is 41.0 Å². The van der Waals surface area contributed by atoms with Gasteiger partial charge in [0.1, 0.15) is 5.76 Å². The van der Waals surface area contributed by atoms with Crippen LogP contribution in [0, 0.1) is 0 Å². The van der Waals surface area contributed by atoms with E-state index in [4.69, 9.17) is 4.42 Å². The van der Waals surface area contributed by atoms with Gasteiger partial charge in [0.2, 0.25) is 0 Å². The van der Waals surface area contributed by atoms with Crippen LogP contribution in [0.4, 0.5) is 5.69 Å². The summed E-state index contributed by atoms with van der Waals surface area (Å²) in [6, 6.07) is 9.46. The van der Waals surface area contributed by atoms with Gasteiger partial charge in [-0.15, -0.1) is 0 Å². The Bertz CT molecular complexity index is 575. The van der Waals surface area contributed by atoms with Gasteiger partial charge >= 0.3 is 0 Å². The Hall–Kier alpha value is -1.55. The van der Waals surface area contributed by atoms with Crippen LogP contribution in [0.25, 0.3) is 0 Å². The van der Waals surface area contributed by atoms with E-state index in [0.717, 1.165) is 11.3 Å². The minimum absolute atomic E-state index is 0.133. The van der Waals surface area contributed by atoms with Crippen LogP contribution in [0.2, 0.25) is 0 Å². The van der Waals surface area contributed by atoms with Crippen molar-refractivity contribution in [3.8, 4) is 0 Å². The molecule has 19 heavy (non-hydrogen) atoms. The number of benzene rings is 1. The molecule has 0 saturated heterocycles. The normalized spacial score (nSPS) is 12.2. The van der Waals surface area contributed by atoms with Crippen molar-refractivity contribution in [3.05, 3.63) is 53.5 Å². The van der Waals surface area contributed by atoms with Crippen LogP contribution in [0.5, 0.6) is 0 Å². The Morgan fingerprint density at radius 2 is 2.11 bits per heavy atom. The molecule has 0 aliphatic carbocycles. The molecule has 1 unspecified atom stereocenters. The molecule has 1 amide bonds. The zero-order valence-electron chi connectivity index (χ0n) is 10.9. The first-order valence-electron chi connectivity index (χ1n) is 6.24. The van der Waals surface area contributed by atoms with Gasteiger partial charge in [-0.1, -0.05) is 41.1 Å². The average molecular weight is 322 g/mol. The second-order valence-corrected chi connectivity index (χ2v) is 5.64. The van der Waals surface area contributed by atoms with Gasteiger partial charge in [-0.25, -0.2) is 0 Å². The van der Waals surface area contributed by atoms with E-state index >= 15 is 0 Å². The quantitative estimate of drug-likeness (QED) is 0.839. The van der Waals surface area contributed by atoms with Crippen molar-refractivity contribution in [2.75, 3.05) is 5.32 Å². The number of aryl methyl sites for hydroxylation is 1. The third-order valence-corrected chi connectivity index (χ3v) is 3.44. The largest absolute Gasteiger partial charge is 0.469 e. The van der Waals surface area contributed by atoms with Crippen molar-refractivity contribution in [2.45, 2.75) is 25.1 Å². The molecular weight excluding hydrogens is 306 g/mol. The van der Waals surface area contributed by atoms with E-state index in [1.165, 1.54) is 0 Å². The molecule has 2 rings (SSSR count). The van der Waals surface area contributed by atoms with E-state index in [0.29, 0.717) is 17.7 Å². The number of carbonyl (C=O) groups excluding carboxylic acids is 1. The van der Waals surface area contributed by atoms with Crippen molar-refractivity contribution in [1.29, 1.82) is 0 Å². The number of alkyl halides is 1. The van der Waals surface area contributed by atoms with Gasteiger partial charge < -0.3 is 9.73 Å². The Morgan fingerprint density at radius 1 is 1.37 bits per heavy atom. The standard InChI is InChI=1S/C15H16BrNO2/c1-3-14-12(8-9-19-14)15(18)17-13-7-5-4-6-11(13)10(2)16/h4-10H,3H2,1-2H3,(H,17,18). The third-order valence-electron chi connectivity index (χ3n) is 2.95. The number of rotatable bonds is 4. The summed E-state index contributed by atoms with van der Waals surface area (Å²) >= 11 is 3.53. The number of nitrogens with one attached hydrogen (secondary N) is 1. The van der Waals surface area contributed by atoms with Crippen molar-refractivity contribution in [2.24, 2.45) is 0 Å². The highest BCUT2D eigenvalue weighted by atomic mass is 79.9. The zero-order chi connectivity index (χ0) is 13.8. The zero-order valence-corrected chi connectivity index (χ0v) is 12.5. The number of anilines is 1. The number of amides is 1. The van der Waals surface area contributed by atoms with Gasteiger partial charge in [-0.3, -0.25) is 4.79 Å². The van der Waals surface area contributed by atoms with E-state index < -0.39 is 0 Å². The molecule has 1 aromatic carbocycles. The maximum atomic E-state index is 12.2. The maximum absolute atomic E-state index is 12.2. The van der Waals surface area contributed by atoms with Crippen LogP contribution in [-0.2, 0) is 6.42 Å². The smallest absolute Gasteiger partial charge is 0.259 e. The predicted molar refractivity (Wildman–Crippen MR) is 79.8 cm³/mol. The lowest BCUT2D eigenvalue weighted by atomic mass is 10.1. The van der Waals surface area contributed by atoms with Crippen LogP contribution in [0.1, 0.15) is 40.4 Å². The molecule has 0 saturated carbocycles. The number of hydrogen-bond acceptors (Lipinski definition) is 2. The molecule has 1 N–H and O–H groups in total. The van der Waals surface area contributed by atoms with E-state index in [9.17, 15) is 4.79 Å². The fourth-order valence-corrected chi connectivity index (χ4v) is 2.36. The number of para-hydroxylation sites is 1. The number of halogens is 1. The first-order valence-corrected chi connectivity index (χ1v) is 7.15. The van der Waals surface area contributed by atoms with Gasteiger partial charge in [0, 0.05) is 16.9 Å². The van der Waals surface area contributed by atoms with Crippen molar-refractivity contribution < 1.29 is 9.21 Å². The lowest BCUT2D eigenvalue weighted by molar-refractivity contribution is 0.102. The molecule has 0 aliphatic rings. The average Bonchev–Trinajstić information content (AvgIpc) is 2.87. The van der Waals surface area contributed by atoms with Crippen molar-refractivity contribution in [3.63, 3.8) is 0 Å². The molecule has 1 heterocycles.